The van der Waals surface area contributed by atoms with Crippen LogP contribution >= 0.6 is 11.3 Å². The van der Waals surface area contributed by atoms with Crippen molar-refractivity contribution >= 4 is 54.3 Å². The lowest BCUT2D eigenvalue weighted by Crippen LogP contribution is -2.48. The molecule has 0 saturated carbocycles. The van der Waals surface area contributed by atoms with Crippen LogP contribution in [-0.4, -0.2) is 55.1 Å². The summed E-state index contributed by atoms with van der Waals surface area (Å²) in [4.78, 5) is 33.9. The number of anilines is 1. The summed E-state index contributed by atoms with van der Waals surface area (Å²) in [5.41, 5.74) is -0.0500. The molecule has 0 aliphatic carbocycles. The van der Waals surface area contributed by atoms with Gasteiger partial charge in [0.05, 0.1) is 4.70 Å². The number of hydrogen-bond acceptors (Lipinski definition) is 7. The Hall–Kier alpha value is -3.89. The first-order valence-corrected chi connectivity index (χ1v) is 12.7. The number of rotatable bonds is 5. The van der Waals surface area contributed by atoms with Crippen LogP contribution in [0.4, 0.5) is 13.9 Å². The summed E-state index contributed by atoms with van der Waals surface area (Å²) in [5.74, 6) is -1.73. The molecule has 3 aromatic carbocycles. The van der Waals surface area contributed by atoms with Gasteiger partial charge in [-0.2, -0.15) is 0 Å². The van der Waals surface area contributed by atoms with Crippen molar-refractivity contribution in [2.75, 3.05) is 44.2 Å². The number of carbonyl (C=O) groups is 1. The summed E-state index contributed by atoms with van der Waals surface area (Å²) in [6.45, 7) is 3.80. The third-order valence-corrected chi connectivity index (χ3v) is 7.71. The van der Waals surface area contributed by atoms with E-state index in [1.807, 2.05) is 30.3 Å². The Bertz CT molecular complexity index is 1710. The van der Waals surface area contributed by atoms with Gasteiger partial charge in [-0.05, 0) is 29.0 Å². The van der Waals surface area contributed by atoms with Crippen molar-refractivity contribution in [3.05, 3.63) is 82.2 Å². The predicted molar refractivity (Wildman–Crippen MR) is 141 cm³/mol. The van der Waals surface area contributed by atoms with Gasteiger partial charge in [-0.1, -0.05) is 41.7 Å². The van der Waals surface area contributed by atoms with Gasteiger partial charge in [-0.15, -0.1) is 0 Å². The van der Waals surface area contributed by atoms with Crippen molar-refractivity contribution in [1.29, 1.82) is 0 Å². The lowest BCUT2D eigenvalue weighted by Gasteiger charge is -2.34. The standard InChI is InChI=1S/C27H22F2N4O3S/c28-17-13-21(29)24-23(14-17)37-27(31-24)33-11-9-32(10-12-33)8-7-30-25(34)20-15-19-18-4-2-1-3-16(18)5-6-22(19)36-26(20)35/h1-6,13-15H,7-12H2,(H,30,34). The van der Waals surface area contributed by atoms with Crippen molar-refractivity contribution in [2.45, 2.75) is 0 Å². The second-order valence-electron chi connectivity index (χ2n) is 8.96. The molecule has 1 aliphatic heterocycles. The summed E-state index contributed by atoms with van der Waals surface area (Å²) >= 11 is 1.28. The second-order valence-corrected chi connectivity index (χ2v) is 9.97. The molecule has 6 rings (SSSR count). The van der Waals surface area contributed by atoms with Gasteiger partial charge >= 0.3 is 5.63 Å². The molecule has 7 nitrogen and oxygen atoms in total. The number of piperazine rings is 1. The zero-order valence-corrected chi connectivity index (χ0v) is 20.5. The highest BCUT2D eigenvalue weighted by atomic mass is 32.1. The number of aromatic nitrogens is 1. The van der Waals surface area contributed by atoms with E-state index in [2.05, 4.69) is 20.1 Å². The quantitative estimate of drug-likeness (QED) is 0.274. The van der Waals surface area contributed by atoms with Crippen molar-refractivity contribution in [1.82, 2.24) is 15.2 Å². The van der Waals surface area contributed by atoms with Gasteiger partial charge in [-0.25, -0.2) is 18.6 Å². The maximum atomic E-state index is 14.0. The fraction of sp³-hybridized carbons (Fsp3) is 0.222. The zero-order valence-electron chi connectivity index (χ0n) is 19.7. The van der Waals surface area contributed by atoms with Crippen LogP contribution in [0.2, 0.25) is 0 Å². The number of halogens is 2. The van der Waals surface area contributed by atoms with Gasteiger partial charge in [0, 0.05) is 50.7 Å². The van der Waals surface area contributed by atoms with E-state index in [-0.39, 0.29) is 11.1 Å². The average Bonchev–Trinajstić information content (AvgIpc) is 3.33. The van der Waals surface area contributed by atoms with E-state index in [4.69, 9.17) is 4.42 Å². The predicted octanol–water partition coefficient (Wildman–Crippen LogP) is 4.39. The molecule has 0 atom stereocenters. The van der Waals surface area contributed by atoms with E-state index in [0.717, 1.165) is 35.3 Å². The number of hydrogen-bond donors (Lipinski definition) is 1. The van der Waals surface area contributed by atoms with Gasteiger partial charge in [0.15, 0.2) is 10.9 Å². The minimum absolute atomic E-state index is 0.0202. The van der Waals surface area contributed by atoms with Crippen LogP contribution in [-0.2, 0) is 0 Å². The van der Waals surface area contributed by atoms with E-state index in [0.29, 0.717) is 41.6 Å². The van der Waals surface area contributed by atoms with Crippen molar-refractivity contribution < 1.29 is 18.0 Å². The van der Waals surface area contributed by atoms with E-state index in [1.165, 1.54) is 17.4 Å². The first-order valence-electron chi connectivity index (χ1n) is 11.9. The Morgan fingerprint density at radius 2 is 1.84 bits per heavy atom. The van der Waals surface area contributed by atoms with Crippen molar-refractivity contribution in [3.63, 3.8) is 0 Å². The number of fused-ring (bicyclic) bond motifs is 4. The molecule has 0 spiro atoms. The molecule has 188 valence electrons. The maximum absolute atomic E-state index is 14.0. The van der Waals surface area contributed by atoms with Crippen LogP contribution in [0.15, 0.2) is 63.8 Å². The van der Waals surface area contributed by atoms with Crippen molar-refractivity contribution in [2.24, 2.45) is 0 Å². The van der Waals surface area contributed by atoms with E-state index < -0.39 is 23.2 Å². The lowest BCUT2D eigenvalue weighted by atomic mass is 10.0. The highest BCUT2D eigenvalue weighted by Crippen LogP contribution is 2.31. The Balaban J connectivity index is 1.07. The molecule has 1 amide bonds. The summed E-state index contributed by atoms with van der Waals surface area (Å²) in [6.07, 6.45) is 0. The molecule has 1 saturated heterocycles. The van der Waals surface area contributed by atoms with E-state index in [1.54, 1.807) is 12.1 Å². The molecule has 1 fully saturated rings. The number of amides is 1. The van der Waals surface area contributed by atoms with E-state index >= 15 is 0 Å². The van der Waals surface area contributed by atoms with Crippen LogP contribution in [0, 0.1) is 11.6 Å². The summed E-state index contributed by atoms with van der Waals surface area (Å²) in [7, 11) is 0. The number of thiazole rings is 1. The maximum Gasteiger partial charge on any atom is 0.349 e. The van der Waals surface area contributed by atoms with E-state index in [9.17, 15) is 18.4 Å². The number of carbonyl (C=O) groups excluding carboxylic acids is 1. The molecular formula is C27H22F2N4O3S. The summed E-state index contributed by atoms with van der Waals surface area (Å²) in [6, 6.07) is 15.1. The fourth-order valence-electron chi connectivity index (χ4n) is 4.70. The van der Waals surface area contributed by atoms with Crippen LogP contribution in [0.1, 0.15) is 10.4 Å². The Labute approximate surface area is 213 Å². The molecule has 0 radical (unpaired) electrons. The molecule has 5 aromatic rings. The molecule has 1 aliphatic rings. The second kappa shape index (κ2) is 9.53. The van der Waals surface area contributed by atoms with Crippen LogP contribution < -0.4 is 15.8 Å². The molecule has 2 aromatic heterocycles. The first kappa shape index (κ1) is 23.5. The van der Waals surface area contributed by atoms with Crippen molar-refractivity contribution in [3.8, 4) is 0 Å². The van der Waals surface area contributed by atoms with Crippen LogP contribution in [0.5, 0.6) is 0 Å². The molecular weight excluding hydrogens is 498 g/mol. The SMILES string of the molecule is O=C(NCCN1CCN(c2nc3c(F)cc(F)cc3s2)CC1)c1cc2c(ccc3ccccc32)oc1=O. The highest BCUT2D eigenvalue weighted by Gasteiger charge is 2.21. The van der Waals surface area contributed by atoms with Gasteiger partial charge < -0.3 is 14.6 Å². The molecule has 0 bridgehead atoms. The molecule has 37 heavy (non-hydrogen) atoms. The minimum Gasteiger partial charge on any atom is -0.422 e. The molecule has 10 heteroatoms. The highest BCUT2D eigenvalue weighted by molar-refractivity contribution is 7.22. The fourth-order valence-corrected chi connectivity index (χ4v) is 5.75. The first-order chi connectivity index (χ1) is 18.0. The Morgan fingerprint density at radius 1 is 1.03 bits per heavy atom. The molecule has 3 heterocycles. The third-order valence-electron chi connectivity index (χ3n) is 6.64. The zero-order chi connectivity index (χ0) is 25.5. The van der Waals surface area contributed by atoms with Crippen LogP contribution in [0.3, 0.4) is 0 Å². The smallest absolute Gasteiger partial charge is 0.349 e. The average molecular weight is 521 g/mol. The number of benzene rings is 3. The van der Waals surface area contributed by atoms with Gasteiger partial charge in [0.2, 0.25) is 0 Å². The summed E-state index contributed by atoms with van der Waals surface area (Å²) in [5, 5.41) is 6.13. The topological polar surface area (TPSA) is 78.7 Å². The van der Waals surface area contributed by atoms with Gasteiger partial charge in [0.25, 0.3) is 5.91 Å². The third kappa shape index (κ3) is 4.54. The largest absolute Gasteiger partial charge is 0.422 e. The Morgan fingerprint density at radius 3 is 2.68 bits per heavy atom. The monoisotopic (exact) mass is 520 g/mol. The Kier molecular flexibility index (Phi) is 6.05. The van der Waals surface area contributed by atoms with Crippen LogP contribution in [0.25, 0.3) is 32.0 Å². The van der Waals surface area contributed by atoms with Gasteiger partial charge in [0.1, 0.15) is 22.5 Å². The summed E-state index contributed by atoms with van der Waals surface area (Å²) < 4.78 is 33.4. The lowest BCUT2D eigenvalue weighted by molar-refractivity contribution is 0.0944. The normalized spacial score (nSPS) is 14.6. The van der Waals surface area contributed by atoms with Gasteiger partial charge in [-0.3, -0.25) is 9.69 Å². The number of nitrogens with zero attached hydrogens (tertiary/aromatic N) is 3. The molecule has 1 N–H and O–H groups in total. The number of nitrogens with one attached hydrogen (secondary N) is 1. The molecule has 0 unspecified atom stereocenters. The minimum atomic E-state index is -0.666.